The lowest BCUT2D eigenvalue weighted by Gasteiger charge is -2.25. The number of hydrogen-bond donors (Lipinski definition) is 2. The molecule has 0 saturated carbocycles. The zero-order valence-electron chi connectivity index (χ0n) is 8.71. The van der Waals surface area contributed by atoms with Gasteiger partial charge in [0.25, 0.3) is 0 Å². The van der Waals surface area contributed by atoms with Crippen LogP contribution in [0.1, 0.15) is 24.7 Å². The summed E-state index contributed by atoms with van der Waals surface area (Å²) in [7, 11) is 0. The van der Waals surface area contributed by atoms with E-state index in [1.807, 2.05) is 19.9 Å². The molecule has 2 heterocycles. The molecule has 0 amide bonds. The van der Waals surface area contributed by atoms with Crippen LogP contribution in [0.2, 0.25) is 0 Å². The second-order valence-electron chi connectivity index (χ2n) is 4.30. The molecule has 0 spiro atoms. The van der Waals surface area contributed by atoms with Crippen LogP contribution < -0.4 is 5.32 Å². The Hall–Kier alpha value is -0.800. The van der Waals surface area contributed by atoms with Gasteiger partial charge in [-0.15, -0.1) is 0 Å². The van der Waals surface area contributed by atoms with E-state index in [0.29, 0.717) is 6.42 Å². The quantitative estimate of drug-likeness (QED) is 0.746. The summed E-state index contributed by atoms with van der Waals surface area (Å²) in [5.74, 6) is 0.876. The second-order valence-corrected chi connectivity index (χ2v) is 4.30. The highest BCUT2D eigenvalue weighted by Gasteiger charge is 2.38. The van der Waals surface area contributed by atoms with Crippen molar-refractivity contribution in [3.63, 3.8) is 0 Å². The molecule has 1 aromatic rings. The second kappa shape index (κ2) is 3.41. The van der Waals surface area contributed by atoms with E-state index in [1.54, 1.807) is 6.26 Å². The number of hydrogen-bond acceptors (Lipinski definition) is 3. The number of aliphatic hydroxyl groups is 1. The van der Waals surface area contributed by atoms with E-state index in [-0.39, 0.29) is 6.04 Å². The lowest BCUT2D eigenvalue weighted by molar-refractivity contribution is 0.0287. The summed E-state index contributed by atoms with van der Waals surface area (Å²) in [6.07, 6.45) is 3.13. The molecule has 2 unspecified atom stereocenters. The number of furan rings is 1. The van der Waals surface area contributed by atoms with Crippen molar-refractivity contribution < 1.29 is 9.52 Å². The molecule has 0 radical (unpaired) electrons. The molecule has 2 rings (SSSR count). The van der Waals surface area contributed by atoms with E-state index in [2.05, 4.69) is 5.32 Å². The van der Waals surface area contributed by atoms with Crippen LogP contribution >= 0.6 is 0 Å². The van der Waals surface area contributed by atoms with Gasteiger partial charge >= 0.3 is 0 Å². The Kier molecular flexibility index (Phi) is 2.37. The van der Waals surface area contributed by atoms with Gasteiger partial charge in [-0.2, -0.15) is 0 Å². The van der Waals surface area contributed by atoms with Crippen LogP contribution in [0.3, 0.4) is 0 Å². The molecule has 0 aliphatic carbocycles. The van der Waals surface area contributed by atoms with Gasteiger partial charge in [-0.05, 0) is 38.4 Å². The normalized spacial score (nSPS) is 32.4. The van der Waals surface area contributed by atoms with Crippen LogP contribution in [0, 0.1) is 6.92 Å². The summed E-state index contributed by atoms with van der Waals surface area (Å²) in [6, 6.07) is 2.14. The van der Waals surface area contributed by atoms with Gasteiger partial charge in [-0.3, -0.25) is 0 Å². The van der Waals surface area contributed by atoms with Crippen molar-refractivity contribution in [2.24, 2.45) is 0 Å². The van der Waals surface area contributed by atoms with E-state index in [1.165, 1.54) is 0 Å². The van der Waals surface area contributed by atoms with Crippen LogP contribution in [0.5, 0.6) is 0 Å². The van der Waals surface area contributed by atoms with Gasteiger partial charge in [0, 0.05) is 12.5 Å². The Balaban J connectivity index is 2.10. The van der Waals surface area contributed by atoms with Gasteiger partial charge in [0.1, 0.15) is 5.76 Å². The van der Waals surface area contributed by atoms with E-state index < -0.39 is 5.60 Å². The lowest BCUT2D eigenvalue weighted by Crippen LogP contribution is -2.42. The third-order valence-corrected chi connectivity index (χ3v) is 3.08. The van der Waals surface area contributed by atoms with Crippen LogP contribution in [-0.4, -0.2) is 23.3 Å². The highest BCUT2D eigenvalue weighted by molar-refractivity contribution is 5.14. The van der Waals surface area contributed by atoms with Gasteiger partial charge < -0.3 is 14.8 Å². The Morgan fingerprint density at radius 2 is 2.50 bits per heavy atom. The summed E-state index contributed by atoms with van der Waals surface area (Å²) < 4.78 is 5.35. The summed E-state index contributed by atoms with van der Waals surface area (Å²) >= 11 is 0. The maximum absolute atomic E-state index is 10.3. The average Bonchev–Trinajstić information content (AvgIpc) is 2.62. The molecule has 1 saturated heterocycles. The number of nitrogens with one attached hydrogen (secondary N) is 1. The van der Waals surface area contributed by atoms with Crippen molar-refractivity contribution in [3.8, 4) is 0 Å². The largest absolute Gasteiger partial charge is 0.469 e. The Morgan fingerprint density at radius 1 is 1.71 bits per heavy atom. The first kappa shape index (κ1) is 9.74. The van der Waals surface area contributed by atoms with Crippen LogP contribution in [0.25, 0.3) is 0 Å². The standard InChI is InChI=1S/C11H17NO2/c1-8-5-10(14-7-8)6-11(13)3-4-12-9(11)2/h5,7,9,12-13H,3-4,6H2,1-2H3. The monoisotopic (exact) mass is 195 g/mol. The summed E-state index contributed by atoms with van der Waals surface area (Å²) in [5, 5.41) is 13.5. The van der Waals surface area contributed by atoms with Gasteiger partial charge in [-0.1, -0.05) is 0 Å². The predicted octanol–water partition coefficient (Wildman–Crippen LogP) is 1.24. The molecule has 1 fully saturated rings. The summed E-state index contributed by atoms with van der Waals surface area (Å²) in [4.78, 5) is 0. The first-order valence-corrected chi connectivity index (χ1v) is 5.10. The van der Waals surface area contributed by atoms with Gasteiger partial charge in [0.15, 0.2) is 0 Å². The fourth-order valence-corrected chi connectivity index (χ4v) is 2.04. The van der Waals surface area contributed by atoms with Crippen molar-refractivity contribution in [2.45, 2.75) is 38.3 Å². The van der Waals surface area contributed by atoms with Crippen molar-refractivity contribution >= 4 is 0 Å². The molecule has 2 N–H and O–H groups in total. The van der Waals surface area contributed by atoms with Gasteiger partial charge in [0.2, 0.25) is 0 Å². The smallest absolute Gasteiger partial charge is 0.106 e. The first-order chi connectivity index (χ1) is 6.60. The topological polar surface area (TPSA) is 45.4 Å². The molecular weight excluding hydrogens is 178 g/mol. The minimum absolute atomic E-state index is 0.146. The number of rotatable bonds is 2. The average molecular weight is 195 g/mol. The van der Waals surface area contributed by atoms with Crippen molar-refractivity contribution in [1.29, 1.82) is 0 Å². The van der Waals surface area contributed by atoms with Crippen LogP contribution in [-0.2, 0) is 6.42 Å². The van der Waals surface area contributed by atoms with E-state index >= 15 is 0 Å². The third-order valence-electron chi connectivity index (χ3n) is 3.08. The highest BCUT2D eigenvalue weighted by atomic mass is 16.3. The van der Waals surface area contributed by atoms with Crippen LogP contribution in [0.4, 0.5) is 0 Å². The summed E-state index contributed by atoms with van der Waals surface area (Å²) in [6.45, 7) is 4.90. The molecule has 14 heavy (non-hydrogen) atoms. The fourth-order valence-electron chi connectivity index (χ4n) is 2.04. The minimum atomic E-state index is -0.635. The SMILES string of the molecule is Cc1coc(CC2(O)CCNC2C)c1. The van der Waals surface area contributed by atoms with E-state index in [9.17, 15) is 5.11 Å². The van der Waals surface area contributed by atoms with E-state index in [4.69, 9.17) is 4.42 Å². The molecule has 0 aromatic carbocycles. The maximum atomic E-state index is 10.3. The minimum Gasteiger partial charge on any atom is -0.469 e. The zero-order chi connectivity index (χ0) is 10.2. The van der Waals surface area contributed by atoms with Crippen LogP contribution in [0.15, 0.2) is 16.7 Å². The molecule has 0 bridgehead atoms. The molecule has 1 aliphatic rings. The molecule has 3 heteroatoms. The Bertz CT molecular complexity index is 321. The van der Waals surface area contributed by atoms with Gasteiger partial charge in [-0.25, -0.2) is 0 Å². The maximum Gasteiger partial charge on any atom is 0.106 e. The highest BCUT2D eigenvalue weighted by Crippen LogP contribution is 2.26. The van der Waals surface area contributed by atoms with E-state index in [0.717, 1.165) is 24.3 Å². The third kappa shape index (κ3) is 1.70. The Morgan fingerprint density at radius 3 is 3.00 bits per heavy atom. The van der Waals surface area contributed by atoms with Crippen molar-refractivity contribution in [3.05, 3.63) is 23.7 Å². The van der Waals surface area contributed by atoms with Gasteiger partial charge in [0.05, 0.1) is 11.9 Å². The predicted molar refractivity (Wildman–Crippen MR) is 54.2 cm³/mol. The molecule has 3 nitrogen and oxygen atoms in total. The number of aryl methyl sites for hydroxylation is 1. The first-order valence-electron chi connectivity index (χ1n) is 5.10. The molecule has 78 valence electrons. The molecule has 1 aliphatic heterocycles. The lowest BCUT2D eigenvalue weighted by atomic mass is 9.91. The van der Waals surface area contributed by atoms with Crippen molar-refractivity contribution in [2.75, 3.05) is 6.54 Å². The Labute approximate surface area is 84.1 Å². The fraction of sp³-hybridized carbons (Fsp3) is 0.636. The molecular formula is C11H17NO2. The van der Waals surface area contributed by atoms with Crippen molar-refractivity contribution in [1.82, 2.24) is 5.32 Å². The summed E-state index contributed by atoms with van der Waals surface area (Å²) in [5.41, 5.74) is 0.479. The molecule has 2 atom stereocenters. The molecule has 1 aromatic heterocycles. The zero-order valence-corrected chi connectivity index (χ0v) is 8.71.